The molecule has 1 aromatic carbocycles. The fraction of sp³-hybridized carbons (Fsp3) is 0.364. The Bertz CT molecular complexity index is 389. The van der Waals surface area contributed by atoms with E-state index in [4.69, 9.17) is 0 Å². The second-order valence-corrected chi connectivity index (χ2v) is 3.95. The molecule has 1 amide bonds. The number of benzene rings is 1. The van der Waals surface area contributed by atoms with E-state index >= 15 is 0 Å². The highest BCUT2D eigenvalue weighted by Gasteiger charge is 2.38. The molecule has 14 heavy (non-hydrogen) atoms. The normalized spacial score (nSPS) is 29.3. The van der Waals surface area contributed by atoms with Gasteiger partial charge in [0.15, 0.2) is 0 Å². The molecule has 2 aliphatic heterocycles. The highest BCUT2D eigenvalue weighted by Crippen LogP contribution is 2.37. The number of para-hydroxylation sites is 1. The zero-order chi connectivity index (χ0) is 9.54. The number of carbonyl (C=O) groups is 1. The van der Waals surface area contributed by atoms with Crippen LogP contribution in [0.5, 0.6) is 0 Å². The molecule has 2 unspecified atom stereocenters. The minimum atomic E-state index is 0.130. The van der Waals surface area contributed by atoms with Gasteiger partial charge < -0.3 is 10.6 Å². The number of carbonyl (C=O) groups excluding carboxylic acids is 1. The van der Waals surface area contributed by atoms with Gasteiger partial charge in [-0.15, -0.1) is 0 Å². The molecule has 0 aromatic heterocycles. The van der Waals surface area contributed by atoms with E-state index in [1.54, 1.807) is 0 Å². The average Bonchev–Trinajstić information content (AvgIpc) is 2.67. The predicted octanol–water partition coefficient (Wildman–Crippen LogP) is 0.942. The summed E-state index contributed by atoms with van der Waals surface area (Å²) in [6, 6.07) is 8.08. The third kappa shape index (κ3) is 0.990. The van der Waals surface area contributed by atoms with Gasteiger partial charge in [-0.1, -0.05) is 18.2 Å². The molecule has 2 aliphatic rings. The molecule has 3 nitrogen and oxygen atoms in total. The zero-order valence-corrected chi connectivity index (χ0v) is 7.79. The molecule has 1 saturated heterocycles. The van der Waals surface area contributed by atoms with Crippen LogP contribution in [0.2, 0.25) is 0 Å². The van der Waals surface area contributed by atoms with Gasteiger partial charge in [0, 0.05) is 24.7 Å². The molecule has 1 aromatic rings. The van der Waals surface area contributed by atoms with Crippen molar-refractivity contribution >= 4 is 11.6 Å². The minimum absolute atomic E-state index is 0.130. The quantitative estimate of drug-likeness (QED) is 0.636. The van der Waals surface area contributed by atoms with Crippen molar-refractivity contribution in [3.05, 3.63) is 29.8 Å². The lowest BCUT2D eigenvalue weighted by Gasteiger charge is -2.26. The monoisotopic (exact) mass is 188 g/mol. The molecule has 3 rings (SSSR count). The maximum Gasteiger partial charge on any atom is 0.229 e. The highest BCUT2D eigenvalue weighted by atomic mass is 16.2. The summed E-state index contributed by atoms with van der Waals surface area (Å²) in [5, 5.41) is 6.23. The van der Waals surface area contributed by atoms with Crippen LogP contribution < -0.4 is 10.6 Å². The summed E-state index contributed by atoms with van der Waals surface area (Å²) in [7, 11) is 0. The smallest absolute Gasteiger partial charge is 0.229 e. The van der Waals surface area contributed by atoms with Gasteiger partial charge in [0.05, 0.1) is 5.92 Å². The van der Waals surface area contributed by atoms with E-state index in [2.05, 4.69) is 16.7 Å². The number of anilines is 1. The molecule has 3 heteroatoms. The van der Waals surface area contributed by atoms with Crippen molar-refractivity contribution in [2.45, 2.75) is 5.92 Å². The van der Waals surface area contributed by atoms with Crippen LogP contribution in [-0.4, -0.2) is 19.0 Å². The number of hydrogen-bond acceptors (Lipinski definition) is 2. The Labute approximate surface area is 82.5 Å². The number of hydrogen-bond donors (Lipinski definition) is 2. The van der Waals surface area contributed by atoms with E-state index < -0.39 is 0 Å². The third-order valence-electron chi connectivity index (χ3n) is 3.17. The van der Waals surface area contributed by atoms with Crippen LogP contribution in [0.25, 0.3) is 0 Å². The van der Waals surface area contributed by atoms with Gasteiger partial charge in [-0.2, -0.15) is 0 Å². The molecule has 2 heterocycles. The molecule has 1 fully saturated rings. The summed E-state index contributed by atoms with van der Waals surface area (Å²) < 4.78 is 0. The van der Waals surface area contributed by atoms with Crippen molar-refractivity contribution in [2.24, 2.45) is 5.92 Å². The lowest BCUT2D eigenvalue weighted by Crippen LogP contribution is -2.32. The second kappa shape index (κ2) is 2.82. The van der Waals surface area contributed by atoms with Gasteiger partial charge in [-0.05, 0) is 11.6 Å². The Hall–Kier alpha value is -1.35. The van der Waals surface area contributed by atoms with E-state index in [1.807, 2.05) is 18.2 Å². The summed E-state index contributed by atoms with van der Waals surface area (Å²) in [5.74, 6) is 0.670. The molecular weight excluding hydrogens is 176 g/mol. The first kappa shape index (κ1) is 8.00. The largest absolute Gasteiger partial charge is 0.326 e. The zero-order valence-electron chi connectivity index (χ0n) is 7.79. The first-order chi connectivity index (χ1) is 6.86. The molecule has 0 radical (unpaired) electrons. The van der Waals surface area contributed by atoms with Crippen LogP contribution in [0.4, 0.5) is 5.69 Å². The summed E-state index contributed by atoms with van der Waals surface area (Å²) in [4.78, 5) is 11.7. The fourth-order valence-electron chi connectivity index (χ4n) is 2.44. The van der Waals surface area contributed by atoms with Crippen LogP contribution in [-0.2, 0) is 4.79 Å². The van der Waals surface area contributed by atoms with Crippen molar-refractivity contribution in [1.82, 2.24) is 5.32 Å². The van der Waals surface area contributed by atoms with Crippen LogP contribution in [0.15, 0.2) is 24.3 Å². The summed E-state index contributed by atoms with van der Waals surface area (Å²) in [5.41, 5.74) is 2.27. The lowest BCUT2D eigenvalue weighted by molar-refractivity contribution is -0.120. The highest BCUT2D eigenvalue weighted by molar-refractivity contribution is 5.97. The number of fused-ring (bicyclic) bond motifs is 3. The first-order valence-electron chi connectivity index (χ1n) is 4.97. The lowest BCUT2D eigenvalue weighted by atomic mass is 9.84. The van der Waals surface area contributed by atoms with Crippen LogP contribution in [0.3, 0.4) is 0 Å². The number of nitrogens with one attached hydrogen (secondary N) is 2. The van der Waals surface area contributed by atoms with Crippen LogP contribution >= 0.6 is 0 Å². The first-order valence-corrected chi connectivity index (χ1v) is 4.97. The van der Waals surface area contributed by atoms with Crippen LogP contribution in [0, 0.1) is 5.92 Å². The molecule has 0 saturated carbocycles. The number of amides is 1. The van der Waals surface area contributed by atoms with Gasteiger partial charge in [0.1, 0.15) is 0 Å². The van der Waals surface area contributed by atoms with E-state index in [9.17, 15) is 4.79 Å². The molecule has 72 valence electrons. The summed E-state index contributed by atoms with van der Waals surface area (Å²) in [6.07, 6.45) is 0. The van der Waals surface area contributed by atoms with Crippen molar-refractivity contribution in [3.8, 4) is 0 Å². The SMILES string of the molecule is O=C1Nc2ccccc2C2CNCC12. The van der Waals surface area contributed by atoms with Crippen molar-refractivity contribution in [3.63, 3.8) is 0 Å². The molecular formula is C11H12N2O. The van der Waals surface area contributed by atoms with Gasteiger partial charge in [-0.3, -0.25) is 4.79 Å². The molecule has 0 aliphatic carbocycles. The van der Waals surface area contributed by atoms with E-state index in [0.29, 0.717) is 5.92 Å². The fourth-order valence-corrected chi connectivity index (χ4v) is 2.44. The van der Waals surface area contributed by atoms with Crippen LogP contribution in [0.1, 0.15) is 11.5 Å². The Kier molecular flexibility index (Phi) is 1.61. The Morgan fingerprint density at radius 1 is 1.14 bits per heavy atom. The molecule has 0 bridgehead atoms. The van der Waals surface area contributed by atoms with Crippen molar-refractivity contribution in [1.29, 1.82) is 0 Å². The molecule has 2 atom stereocenters. The van der Waals surface area contributed by atoms with E-state index in [0.717, 1.165) is 18.8 Å². The standard InChI is InChI=1S/C11H12N2O/c14-11-9-6-12-5-8(9)7-3-1-2-4-10(7)13-11/h1-4,8-9,12H,5-6H2,(H,13,14). The topological polar surface area (TPSA) is 41.1 Å². The third-order valence-corrected chi connectivity index (χ3v) is 3.17. The summed E-state index contributed by atoms with van der Waals surface area (Å²) >= 11 is 0. The van der Waals surface area contributed by atoms with Gasteiger partial charge in [0.25, 0.3) is 0 Å². The molecule has 2 N–H and O–H groups in total. The van der Waals surface area contributed by atoms with E-state index in [-0.39, 0.29) is 11.8 Å². The predicted molar refractivity (Wildman–Crippen MR) is 54.2 cm³/mol. The second-order valence-electron chi connectivity index (χ2n) is 3.95. The minimum Gasteiger partial charge on any atom is -0.326 e. The summed E-state index contributed by atoms with van der Waals surface area (Å²) in [6.45, 7) is 1.74. The Morgan fingerprint density at radius 2 is 1.93 bits per heavy atom. The maximum atomic E-state index is 11.7. The van der Waals surface area contributed by atoms with Crippen molar-refractivity contribution < 1.29 is 4.79 Å². The average molecular weight is 188 g/mol. The van der Waals surface area contributed by atoms with Crippen molar-refractivity contribution in [2.75, 3.05) is 18.4 Å². The molecule has 0 spiro atoms. The number of rotatable bonds is 0. The van der Waals surface area contributed by atoms with Gasteiger partial charge >= 0.3 is 0 Å². The van der Waals surface area contributed by atoms with E-state index in [1.165, 1.54) is 5.56 Å². The maximum absolute atomic E-state index is 11.7. The Morgan fingerprint density at radius 3 is 2.86 bits per heavy atom. The van der Waals surface area contributed by atoms with Gasteiger partial charge in [-0.25, -0.2) is 0 Å². The Balaban J connectivity index is 2.11. The van der Waals surface area contributed by atoms with Gasteiger partial charge in [0.2, 0.25) is 5.91 Å².